The van der Waals surface area contributed by atoms with Crippen LogP contribution in [0.15, 0.2) is 91.0 Å². The molecule has 0 bridgehead atoms. The predicted molar refractivity (Wildman–Crippen MR) is 136 cm³/mol. The second-order valence-corrected chi connectivity index (χ2v) is 14.2. The largest absolute Gasteiger partial charge is 0.396 e. The molecule has 31 heavy (non-hydrogen) atoms. The van der Waals surface area contributed by atoms with E-state index < -0.39 is 8.24 Å². The number of benzene rings is 3. The van der Waals surface area contributed by atoms with E-state index in [-0.39, 0.29) is 23.6 Å². The first kappa shape index (κ1) is 23.5. The molecular formula is C28H37NOSi. The van der Waals surface area contributed by atoms with Gasteiger partial charge < -0.3 is 10.1 Å². The van der Waals surface area contributed by atoms with Crippen LogP contribution in [-0.4, -0.2) is 26.0 Å². The van der Waals surface area contributed by atoms with Crippen molar-refractivity contribution in [3.8, 4) is 0 Å². The Hall–Kier alpha value is -2.20. The van der Waals surface area contributed by atoms with Crippen LogP contribution >= 0.6 is 0 Å². The van der Waals surface area contributed by atoms with Crippen LogP contribution in [0.1, 0.15) is 39.7 Å². The van der Waals surface area contributed by atoms with Gasteiger partial charge in [-0.15, -0.1) is 0 Å². The summed E-state index contributed by atoms with van der Waals surface area (Å²) in [6, 6.07) is 33.1. The first-order valence-electron chi connectivity index (χ1n) is 11.4. The minimum Gasteiger partial charge on any atom is -0.396 e. The van der Waals surface area contributed by atoms with Crippen molar-refractivity contribution in [2.45, 2.75) is 51.6 Å². The highest BCUT2D eigenvalue weighted by Crippen LogP contribution is 2.35. The van der Waals surface area contributed by atoms with E-state index in [0.29, 0.717) is 0 Å². The molecule has 3 rings (SSSR count). The highest BCUT2D eigenvalue weighted by Gasteiger charge is 2.49. The first-order valence-corrected chi connectivity index (χ1v) is 13.4. The van der Waals surface area contributed by atoms with Crippen LogP contribution in [0.25, 0.3) is 0 Å². The first-order chi connectivity index (χ1) is 14.9. The van der Waals surface area contributed by atoms with Gasteiger partial charge in [-0.25, -0.2) is 0 Å². The lowest BCUT2D eigenvalue weighted by atomic mass is 9.97. The molecular weight excluding hydrogens is 394 g/mol. The highest BCUT2D eigenvalue weighted by molar-refractivity contribution is 7.02. The summed E-state index contributed by atoms with van der Waals surface area (Å²) in [6.45, 7) is 9.49. The predicted octanol–water partition coefficient (Wildman–Crippen LogP) is 4.77. The molecule has 0 amide bonds. The van der Waals surface area contributed by atoms with E-state index in [0.717, 1.165) is 12.8 Å². The Morgan fingerprint density at radius 2 is 1.23 bits per heavy atom. The monoisotopic (exact) mass is 431 g/mol. The molecule has 0 spiro atoms. The van der Waals surface area contributed by atoms with E-state index in [1.165, 1.54) is 15.9 Å². The summed E-state index contributed by atoms with van der Waals surface area (Å²) in [5.74, 6) is 0.249. The number of nitrogens with one attached hydrogen (secondary N) is 1. The smallest absolute Gasteiger partial charge is 0.195 e. The second kappa shape index (κ2) is 10.4. The van der Waals surface area contributed by atoms with Gasteiger partial charge in [0.1, 0.15) is 0 Å². The van der Waals surface area contributed by atoms with Crippen LogP contribution in [0.4, 0.5) is 0 Å². The van der Waals surface area contributed by atoms with Crippen molar-refractivity contribution >= 4 is 18.6 Å². The lowest BCUT2D eigenvalue weighted by Gasteiger charge is -2.47. The lowest BCUT2D eigenvalue weighted by Crippen LogP contribution is -2.75. The summed E-state index contributed by atoms with van der Waals surface area (Å²) >= 11 is 0. The Morgan fingerprint density at radius 3 is 1.65 bits per heavy atom. The van der Waals surface area contributed by atoms with Crippen LogP contribution in [0.2, 0.25) is 5.04 Å². The molecule has 3 aromatic carbocycles. The Kier molecular flexibility index (Phi) is 7.87. The summed E-state index contributed by atoms with van der Waals surface area (Å²) in [5.41, 5.74) is 1.34. The third-order valence-electron chi connectivity index (χ3n) is 6.28. The van der Waals surface area contributed by atoms with Crippen molar-refractivity contribution in [2.75, 3.05) is 6.61 Å². The SMILES string of the molecule is C[C@@H](CO)C[C@H](Cc1ccccc1)N[Si](c1ccccc1)(c1ccccc1)C(C)(C)C. The van der Waals surface area contributed by atoms with Crippen LogP contribution in [0.5, 0.6) is 0 Å². The van der Waals surface area contributed by atoms with Crippen molar-refractivity contribution in [3.05, 3.63) is 96.6 Å². The molecule has 0 radical (unpaired) electrons. The molecule has 0 aliphatic heterocycles. The van der Waals surface area contributed by atoms with Gasteiger partial charge in [0, 0.05) is 12.6 Å². The maximum Gasteiger partial charge on any atom is 0.195 e. The van der Waals surface area contributed by atoms with Gasteiger partial charge in [-0.05, 0) is 39.7 Å². The fourth-order valence-corrected chi connectivity index (χ4v) is 9.80. The van der Waals surface area contributed by atoms with Gasteiger partial charge >= 0.3 is 0 Å². The fourth-order valence-electron chi connectivity index (χ4n) is 4.75. The zero-order chi connectivity index (χ0) is 22.3. The van der Waals surface area contributed by atoms with E-state index in [9.17, 15) is 5.11 Å². The average molecular weight is 432 g/mol. The molecule has 2 atom stereocenters. The third-order valence-corrected chi connectivity index (χ3v) is 11.8. The summed E-state index contributed by atoms with van der Waals surface area (Å²) < 4.78 is 0. The molecule has 0 saturated heterocycles. The summed E-state index contributed by atoms with van der Waals surface area (Å²) in [7, 11) is -2.38. The number of rotatable bonds is 9. The molecule has 0 fully saturated rings. The Labute approximate surface area is 189 Å². The fraction of sp³-hybridized carbons (Fsp3) is 0.357. The Morgan fingerprint density at radius 1 is 0.774 bits per heavy atom. The topological polar surface area (TPSA) is 32.3 Å². The molecule has 0 saturated carbocycles. The van der Waals surface area contributed by atoms with Crippen LogP contribution < -0.4 is 15.4 Å². The highest BCUT2D eigenvalue weighted by atomic mass is 28.3. The quantitative estimate of drug-likeness (QED) is 0.479. The lowest BCUT2D eigenvalue weighted by molar-refractivity contribution is 0.220. The zero-order valence-electron chi connectivity index (χ0n) is 19.4. The summed E-state index contributed by atoms with van der Waals surface area (Å²) in [5, 5.41) is 12.7. The average Bonchev–Trinajstić information content (AvgIpc) is 2.78. The molecule has 164 valence electrons. The number of hydrogen-bond donors (Lipinski definition) is 2. The van der Waals surface area contributed by atoms with Gasteiger partial charge in [0.2, 0.25) is 0 Å². The Balaban J connectivity index is 2.12. The van der Waals surface area contributed by atoms with Crippen molar-refractivity contribution in [3.63, 3.8) is 0 Å². The van der Waals surface area contributed by atoms with Crippen molar-refractivity contribution < 1.29 is 5.11 Å². The summed E-state index contributed by atoms with van der Waals surface area (Å²) in [6.07, 6.45) is 1.89. The molecule has 0 aliphatic rings. The van der Waals surface area contributed by atoms with Gasteiger partial charge in [-0.1, -0.05) is 119 Å². The van der Waals surface area contributed by atoms with Gasteiger partial charge in [0.25, 0.3) is 0 Å². The molecule has 2 N–H and O–H groups in total. The summed E-state index contributed by atoms with van der Waals surface area (Å²) in [4.78, 5) is 4.28. The van der Waals surface area contributed by atoms with Gasteiger partial charge in [0.15, 0.2) is 8.24 Å². The maximum atomic E-state index is 9.83. The molecule has 3 heteroatoms. The second-order valence-electron chi connectivity index (χ2n) is 9.79. The minimum absolute atomic E-state index is 0.0487. The van der Waals surface area contributed by atoms with Crippen molar-refractivity contribution in [1.82, 2.24) is 4.98 Å². The normalized spacial score (nSPS) is 14.2. The third kappa shape index (κ3) is 5.54. The number of hydrogen-bond acceptors (Lipinski definition) is 2. The molecule has 0 heterocycles. The number of aliphatic hydroxyl groups is 1. The molecule has 0 aliphatic carbocycles. The van der Waals surface area contributed by atoms with E-state index in [4.69, 9.17) is 0 Å². The van der Waals surface area contributed by atoms with Gasteiger partial charge in [-0.2, -0.15) is 0 Å². The van der Waals surface area contributed by atoms with Crippen molar-refractivity contribution in [2.24, 2.45) is 5.92 Å². The molecule has 2 nitrogen and oxygen atoms in total. The van der Waals surface area contributed by atoms with E-state index >= 15 is 0 Å². The van der Waals surface area contributed by atoms with Gasteiger partial charge in [-0.3, -0.25) is 0 Å². The van der Waals surface area contributed by atoms with Gasteiger partial charge in [0.05, 0.1) is 0 Å². The van der Waals surface area contributed by atoms with Crippen LogP contribution in [-0.2, 0) is 6.42 Å². The molecule has 3 aromatic rings. The standard InChI is InChI=1S/C28H37NOSi/c1-23(22-30)20-25(21-24-14-8-5-9-15-24)29-31(28(2,3)4,26-16-10-6-11-17-26)27-18-12-7-13-19-27/h5-19,23,25,29-30H,20-22H2,1-4H3/t23-,25-/m1/s1. The number of aliphatic hydroxyl groups excluding tert-OH is 1. The minimum atomic E-state index is -2.38. The van der Waals surface area contributed by atoms with Crippen molar-refractivity contribution in [1.29, 1.82) is 0 Å². The molecule has 0 unspecified atom stereocenters. The molecule has 0 aromatic heterocycles. The zero-order valence-corrected chi connectivity index (χ0v) is 20.4. The Bertz CT molecular complexity index is 867. The maximum absolute atomic E-state index is 9.83. The van der Waals surface area contributed by atoms with E-state index in [1.807, 2.05) is 0 Å². The van der Waals surface area contributed by atoms with E-state index in [1.54, 1.807) is 0 Å². The van der Waals surface area contributed by atoms with Crippen LogP contribution in [0.3, 0.4) is 0 Å². The van der Waals surface area contributed by atoms with E-state index in [2.05, 4.69) is 124 Å². The van der Waals surface area contributed by atoms with Crippen LogP contribution in [0, 0.1) is 5.92 Å².